The second-order valence-corrected chi connectivity index (χ2v) is 8.34. The molecule has 0 aliphatic carbocycles. The summed E-state index contributed by atoms with van der Waals surface area (Å²) in [7, 11) is -2.68. The fraction of sp³-hybridized carbons (Fsp3) is 0.278. The molecule has 1 amide bonds. The van der Waals surface area contributed by atoms with Gasteiger partial charge in [0.1, 0.15) is 17.3 Å². The average Bonchev–Trinajstić information content (AvgIpc) is 3.19. The lowest BCUT2D eigenvalue weighted by atomic mass is 10.1. The zero-order chi connectivity index (χ0) is 21.2. The predicted molar refractivity (Wildman–Crippen MR) is 102 cm³/mol. The zero-order valence-corrected chi connectivity index (χ0v) is 16.7. The number of anilines is 1. The fourth-order valence-corrected chi connectivity index (χ4v) is 4.21. The summed E-state index contributed by atoms with van der Waals surface area (Å²) in [6.07, 6.45) is 0.524. The maximum Gasteiger partial charge on any atom is 0.259 e. The van der Waals surface area contributed by atoms with Gasteiger partial charge in [-0.2, -0.15) is 0 Å². The largest absolute Gasteiger partial charge is 0.496 e. The maximum atomic E-state index is 14.1. The van der Waals surface area contributed by atoms with E-state index in [2.05, 4.69) is 10.0 Å². The molecule has 0 aromatic heterocycles. The van der Waals surface area contributed by atoms with Crippen LogP contribution in [0.2, 0.25) is 5.02 Å². The van der Waals surface area contributed by atoms with Crippen LogP contribution in [0.4, 0.5) is 14.5 Å². The van der Waals surface area contributed by atoms with E-state index in [1.807, 2.05) is 0 Å². The lowest BCUT2D eigenvalue weighted by Crippen LogP contribution is -2.35. The lowest BCUT2D eigenvalue weighted by molar-refractivity contribution is 0.102. The van der Waals surface area contributed by atoms with Crippen molar-refractivity contribution in [3.05, 3.63) is 52.6 Å². The molecule has 0 spiro atoms. The van der Waals surface area contributed by atoms with Crippen molar-refractivity contribution in [2.75, 3.05) is 25.6 Å². The Labute approximate surface area is 171 Å². The van der Waals surface area contributed by atoms with Crippen molar-refractivity contribution >= 4 is 33.2 Å². The van der Waals surface area contributed by atoms with Crippen molar-refractivity contribution in [3.63, 3.8) is 0 Å². The highest BCUT2D eigenvalue weighted by Crippen LogP contribution is 2.28. The number of nitrogens with one attached hydrogen (secondary N) is 2. The number of methoxy groups -OCH3 is 1. The highest BCUT2D eigenvalue weighted by molar-refractivity contribution is 7.89. The van der Waals surface area contributed by atoms with Gasteiger partial charge >= 0.3 is 0 Å². The smallest absolute Gasteiger partial charge is 0.259 e. The predicted octanol–water partition coefficient (Wildman–Crippen LogP) is 2.95. The van der Waals surface area contributed by atoms with Gasteiger partial charge < -0.3 is 14.8 Å². The minimum atomic E-state index is -3.96. The summed E-state index contributed by atoms with van der Waals surface area (Å²) >= 11 is 5.62. The molecule has 2 N–H and O–H groups in total. The summed E-state index contributed by atoms with van der Waals surface area (Å²) in [6, 6.07) is 5.12. The number of benzene rings is 2. The second-order valence-electron chi connectivity index (χ2n) is 6.22. The van der Waals surface area contributed by atoms with E-state index in [1.165, 1.54) is 19.2 Å². The minimum Gasteiger partial charge on any atom is -0.496 e. The molecule has 29 heavy (non-hydrogen) atoms. The summed E-state index contributed by atoms with van der Waals surface area (Å²) < 4.78 is 65.9. The van der Waals surface area contributed by atoms with Crippen LogP contribution in [0.15, 0.2) is 35.2 Å². The van der Waals surface area contributed by atoms with Crippen molar-refractivity contribution < 1.29 is 31.5 Å². The van der Waals surface area contributed by atoms with Gasteiger partial charge in [0.2, 0.25) is 10.0 Å². The van der Waals surface area contributed by atoms with Crippen LogP contribution in [0.25, 0.3) is 0 Å². The van der Waals surface area contributed by atoms with Crippen LogP contribution < -0.4 is 14.8 Å². The molecule has 1 atom stereocenters. The molecule has 1 heterocycles. The fourth-order valence-electron chi connectivity index (χ4n) is 2.77. The standard InChI is InChI=1S/C18H17ClF2N2O5S/c1-27-15-5-2-11(29(25,26)23-10-6-7-28-9-10)8-12(15)18(24)22-17-14(20)4-3-13(19)16(17)21/h2-5,8,10,23H,6-7,9H2,1H3,(H,22,24)/t10-/m0/s1. The monoisotopic (exact) mass is 446 g/mol. The molecular weight excluding hydrogens is 430 g/mol. The maximum absolute atomic E-state index is 14.1. The molecule has 2 aromatic rings. The van der Waals surface area contributed by atoms with Crippen molar-refractivity contribution in [1.29, 1.82) is 0 Å². The summed E-state index contributed by atoms with van der Waals surface area (Å²) in [5, 5.41) is 1.69. The van der Waals surface area contributed by atoms with Gasteiger partial charge in [-0.05, 0) is 36.8 Å². The van der Waals surface area contributed by atoms with E-state index in [-0.39, 0.29) is 33.9 Å². The summed E-state index contributed by atoms with van der Waals surface area (Å²) in [4.78, 5) is 12.4. The molecule has 0 bridgehead atoms. The van der Waals surface area contributed by atoms with Crippen LogP contribution in [-0.2, 0) is 14.8 Å². The molecule has 1 aliphatic rings. The Morgan fingerprint density at radius 1 is 1.28 bits per heavy atom. The third-order valence-electron chi connectivity index (χ3n) is 4.26. The second kappa shape index (κ2) is 8.62. The summed E-state index contributed by atoms with van der Waals surface area (Å²) in [6.45, 7) is 0.691. The zero-order valence-electron chi connectivity index (χ0n) is 15.2. The molecule has 3 rings (SSSR count). The van der Waals surface area contributed by atoms with Crippen LogP contribution in [0, 0.1) is 11.6 Å². The first-order valence-electron chi connectivity index (χ1n) is 8.46. The van der Waals surface area contributed by atoms with Crippen molar-refractivity contribution in [1.82, 2.24) is 4.72 Å². The molecule has 0 saturated carbocycles. The molecule has 7 nitrogen and oxygen atoms in total. The third kappa shape index (κ3) is 4.67. The molecular formula is C18H17ClF2N2O5S. The van der Waals surface area contributed by atoms with Gasteiger partial charge in [0.25, 0.3) is 5.91 Å². The number of halogens is 3. The van der Waals surface area contributed by atoms with Crippen LogP contribution in [0.5, 0.6) is 5.75 Å². The topological polar surface area (TPSA) is 93.7 Å². The molecule has 0 unspecified atom stereocenters. The minimum absolute atomic E-state index is 0.0218. The SMILES string of the molecule is COc1ccc(S(=O)(=O)N[C@H]2CCOC2)cc1C(=O)Nc1c(F)ccc(Cl)c1F. The number of hydrogen-bond acceptors (Lipinski definition) is 5. The molecule has 11 heteroatoms. The number of carbonyl (C=O) groups is 1. The van der Waals surface area contributed by atoms with E-state index in [0.717, 1.165) is 18.2 Å². The van der Waals surface area contributed by atoms with E-state index >= 15 is 0 Å². The molecule has 1 saturated heterocycles. The normalized spacial score (nSPS) is 16.6. The number of sulfonamides is 1. The van der Waals surface area contributed by atoms with Crippen molar-refractivity contribution in [2.45, 2.75) is 17.4 Å². The van der Waals surface area contributed by atoms with E-state index in [4.69, 9.17) is 21.1 Å². The average molecular weight is 447 g/mol. The summed E-state index contributed by atoms with van der Waals surface area (Å²) in [5.41, 5.74) is -0.976. The first-order chi connectivity index (χ1) is 13.7. The Morgan fingerprint density at radius 2 is 2.03 bits per heavy atom. The van der Waals surface area contributed by atoms with E-state index < -0.39 is 33.3 Å². The van der Waals surface area contributed by atoms with Crippen molar-refractivity contribution in [3.8, 4) is 5.75 Å². The van der Waals surface area contributed by atoms with Crippen molar-refractivity contribution in [2.24, 2.45) is 0 Å². The number of ether oxygens (including phenoxy) is 2. The highest BCUT2D eigenvalue weighted by atomic mass is 35.5. The van der Waals surface area contributed by atoms with Crippen LogP contribution >= 0.6 is 11.6 Å². The first kappa shape index (κ1) is 21.4. The number of amides is 1. The first-order valence-corrected chi connectivity index (χ1v) is 10.3. The Kier molecular flexibility index (Phi) is 6.37. The van der Waals surface area contributed by atoms with Crippen LogP contribution in [0.3, 0.4) is 0 Å². The molecule has 1 aliphatic heterocycles. The quantitative estimate of drug-likeness (QED) is 0.665. The lowest BCUT2D eigenvalue weighted by Gasteiger charge is -2.15. The van der Waals surface area contributed by atoms with Gasteiger partial charge in [-0.15, -0.1) is 0 Å². The van der Waals surface area contributed by atoms with E-state index in [9.17, 15) is 22.0 Å². The summed E-state index contributed by atoms with van der Waals surface area (Å²) in [5.74, 6) is -3.13. The van der Waals surface area contributed by atoms with Gasteiger partial charge in [-0.1, -0.05) is 11.6 Å². The molecule has 1 fully saturated rings. The number of rotatable bonds is 6. The van der Waals surface area contributed by atoms with Gasteiger partial charge in [0, 0.05) is 12.6 Å². The Hall–Kier alpha value is -2.27. The van der Waals surface area contributed by atoms with Crippen LogP contribution in [-0.4, -0.2) is 40.7 Å². The van der Waals surface area contributed by atoms with Gasteiger partial charge in [0.15, 0.2) is 5.82 Å². The molecule has 2 aromatic carbocycles. The Balaban J connectivity index is 1.93. The van der Waals surface area contributed by atoms with E-state index in [0.29, 0.717) is 13.0 Å². The van der Waals surface area contributed by atoms with Gasteiger partial charge in [-0.25, -0.2) is 21.9 Å². The molecule has 156 valence electrons. The van der Waals surface area contributed by atoms with Gasteiger partial charge in [0.05, 0.1) is 29.2 Å². The van der Waals surface area contributed by atoms with Crippen LogP contribution in [0.1, 0.15) is 16.8 Å². The molecule has 0 radical (unpaired) electrons. The third-order valence-corrected chi connectivity index (χ3v) is 6.07. The van der Waals surface area contributed by atoms with Gasteiger partial charge in [-0.3, -0.25) is 4.79 Å². The van der Waals surface area contributed by atoms with E-state index in [1.54, 1.807) is 0 Å². The Bertz CT molecular complexity index is 1040. The Morgan fingerprint density at radius 3 is 2.69 bits per heavy atom. The number of carbonyl (C=O) groups excluding carboxylic acids is 1. The highest BCUT2D eigenvalue weighted by Gasteiger charge is 2.26. The number of hydrogen-bond donors (Lipinski definition) is 2.